The first-order valence-corrected chi connectivity index (χ1v) is 15.1. The summed E-state index contributed by atoms with van der Waals surface area (Å²) < 4.78 is 33.2. The van der Waals surface area contributed by atoms with Crippen molar-refractivity contribution < 1.29 is 17.9 Å². The van der Waals surface area contributed by atoms with Gasteiger partial charge >= 0.3 is 5.97 Å². The van der Waals surface area contributed by atoms with Gasteiger partial charge in [-0.15, -0.1) is 0 Å². The van der Waals surface area contributed by atoms with Gasteiger partial charge in [0.05, 0.1) is 17.4 Å². The van der Waals surface area contributed by atoms with E-state index in [4.69, 9.17) is 0 Å². The number of hydrogen-bond donors (Lipinski definition) is 1. The van der Waals surface area contributed by atoms with E-state index in [1.807, 2.05) is 34.9 Å². The fraction of sp³-hybridized carbons (Fsp3) is 0.303. The Kier molecular flexibility index (Phi) is 7.71. The van der Waals surface area contributed by atoms with Crippen molar-refractivity contribution in [3.05, 3.63) is 107 Å². The van der Waals surface area contributed by atoms with E-state index in [1.165, 1.54) is 41.0 Å². The summed E-state index contributed by atoms with van der Waals surface area (Å²) >= 11 is 0. The molecule has 0 fully saturated rings. The molecule has 0 saturated heterocycles. The normalized spacial score (nSPS) is 14.9. The lowest BCUT2D eigenvalue weighted by molar-refractivity contribution is 0.0601. The highest BCUT2D eigenvalue weighted by Crippen LogP contribution is 2.40. The molecule has 40 heavy (non-hydrogen) atoms. The molecule has 208 valence electrons. The van der Waals surface area contributed by atoms with Crippen LogP contribution in [-0.4, -0.2) is 30.6 Å². The number of aromatic nitrogens is 1. The van der Waals surface area contributed by atoms with Crippen LogP contribution in [0.15, 0.2) is 84.7 Å². The number of nitrogens with zero attached hydrogens (tertiary/aromatic N) is 1. The number of hydrogen-bond acceptors (Lipinski definition) is 4. The minimum Gasteiger partial charge on any atom is -0.465 e. The van der Waals surface area contributed by atoms with Crippen molar-refractivity contribution in [1.29, 1.82) is 0 Å². The molecule has 7 heteroatoms. The monoisotopic (exact) mass is 556 g/mol. The number of rotatable bonds is 4. The number of pyridine rings is 1. The van der Waals surface area contributed by atoms with E-state index < -0.39 is 14.8 Å². The highest BCUT2D eigenvalue weighted by molar-refractivity contribution is 7.90. The lowest BCUT2D eigenvalue weighted by Gasteiger charge is -2.25. The number of aryl methyl sites for hydroxylation is 1. The SMILES string of the molecule is CC(C)(C)S(=O)(=O)NCc1ccc2ccc3c(c2c1)CCC1=C3C=CCC1.COC(=O)c1cc2ccccn2c1. The van der Waals surface area contributed by atoms with Gasteiger partial charge in [0.15, 0.2) is 0 Å². The second-order valence-corrected chi connectivity index (χ2v) is 13.8. The maximum Gasteiger partial charge on any atom is 0.339 e. The molecule has 2 aromatic carbocycles. The van der Waals surface area contributed by atoms with E-state index in [1.54, 1.807) is 38.6 Å². The Hall–Kier alpha value is -3.68. The summed E-state index contributed by atoms with van der Waals surface area (Å²) in [7, 11) is -1.97. The summed E-state index contributed by atoms with van der Waals surface area (Å²) in [5, 5.41) is 2.48. The maximum atomic E-state index is 12.4. The quantitative estimate of drug-likeness (QED) is 0.280. The predicted octanol–water partition coefficient (Wildman–Crippen LogP) is 6.83. The van der Waals surface area contributed by atoms with Crippen LogP contribution in [0.1, 0.15) is 67.1 Å². The predicted molar refractivity (Wildman–Crippen MR) is 162 cm³/mol. The van der Waals surface area contributed by atoms with Crippen LogP contribution in [0.2, 0.25) is 0 Å². The zero-order chi connectivity index (χ0) is 28.5. The van der Waals surface area contributed by atoms with Crippen molar-refractivity contribution in [3.8, 4) is 0 Å². The third kappa shape index (κ3) is 5.62. The highest BCUT2D eigenvalue weighted by Gasteiger charge is 2.28. The van der Waals surface area contributed by atoms with Crippen LogP contribution in [0.3, 0.4) is 0 Å². The van der Waals surface area contributed by atoms with E-state index >= 15 is 0 Å². The molecule has 0 amide bonds. The first-order valence-electron chi connectivity index (χ1n) is 13.6. The van der Waals surface area contributed by atoms with E-state index in [-0.39, 0.29) is 5.97 Å². The van der Waals surface area contributed by atoms with Gasteiger partial charge in [0.2, 0.25) is 10.0 Å². The average Bonchev–Trinajstić information content (AvgIpc) is 3.39. The third-order valence-corrected chi connectivity index (χ3v) is 9.78. The fourth-order valence-electron chi connectivity index (χ4n) is 5.27. The molecule has 2 heterocycles. The van der Waals surface area contributed by atoms with Crippen LogP contribution >= 0.6 is 0 Å². The number of carbonyl (C=O) groups excluding carboxylic acids is 1. The van der Waals surface area contributed by atoms with Crippen molar-refractivity contribution >= 4 is 37.9 Å². The summed E-state index contributed by atoms with van der Waals surface area (Å²) in [6.07, 6.45) is 12.7. The third-order valence-electron chi connectivity index (χ3n) is 7.64. The van der Waals surface area contributed by atoms with Gasteiger partial charge in [-0.25, -0.2) is 17.9 Å². The van der Waals surface area contributed by atoms with Crippen molar-refractivity contribution in [3.63, 3.8) is 0 Å². The summed E-state index contributed by atoms with van der Waals surface area (Å²) in [5.41, 5.74) is 8.31. The van der Waals surface area contributed by atoms with Gasteiger partial charge in [-0.2, -0.15) is 0 Å². The van der Waals surface area contributed by atoms with Gasteiger partial charge in [-0.1, -0.05) is 48.1 Å². The fourth-order valence-corrected chi connectivity index (χ4v) is 6.06. The Labute approximate surface area is 236 Å². The Morgan fingerprint density at radius 2 is 1.82 bits per heavy atom. The number of sulfonamides is 1. The Morgan fingerprint density at radius 3 is 2.58 bits per heavy atom. The Bertz CT molecular complexity index is 1720. The summed E-state index contributed by atoms with van der Waals surface area (Å²) in [5.74, 6) is -0.302. The highest BCUT2D eigenvalue weighted by atomic mass is 32.2. The van der Waals surface area contributed by atoms with Crippen LogP contribution in [0, 0.1) is 0 Å². The van der Waals surface area contributed by atoms with E-state index in [0.717, 1.165) is 30.3 Å². The minimum atomic E-state index is -3.35. The number of esters is 1. The number of allylic oxidation sites excluding steroid dienone is 4. The molecule has 4 aromatic rings. The average molecular weight is 557 g/mol. The standard InChI is InChI=1S/C23H27NO2S.C10H9NO2/c1-23(2,3)27(25,26)24-15-16-8-9-18-11-12-20-19-7-5-4-6-17(19)10-13-21(20)22(18)14-16;1-13-10(12)8-6-9-4-2-3-5-11(9)7-8/h5,7-9,11-12,14,24H,4,6,10,13,15H2,1-3H3;2-7H,1H3. The van der Waals surface area contributed by atoms with Crippen molar-refractivity contribution in [2.45, 2.75) is 57.7 Å². The molecule has 0 radical (unpaired) electrons. The van der Waals surface area contributed by atoms with Crippen LogP contribution < -0.4 is 4.72 Å². The molecule has 0 aliphatic heterocycles. The lowest BCUT2D eigenvalue weighted by Crippen LogP contribution is -2.38. The zero-order valence-electron chi connectivity index (χ0n) is 23.5. The first kappa shape index (κ1) is 27.9. The zero-order valence-corrected chi connectivity index (χ0v) is 24.3. The minimum absolute atomic E-state index is 0.302. The van der Waals surface area contributed by atoms with E-state index in [0.29, 0.717) is 12.1 Å². The second-order valence-electron chi connectivity index (χ2n) is 11.3. The Morgan fingerprint density at radius 1 is 1.02 bits per heavy atom. The molecule has 0 atom stereocenters. The van der Waals surface area contributed by atoms with Gasteiger partial charge < -0.3 is 9.14 Å². The maximum absolute atomic E-state index is 12.4. The molecule has 2 aliphatic rings. The molecule has 6 rings (SSSR count). The van der Waals surface area contributed by atoms with E-state index in [9.17, 15) is 13.2 Å². The smallest absolute Gasteiger partial charge is 0.339 e. The first-order chi connectivity index (χ1) is 19.1. The Balaban J connectivity index is 0.000000207. The molecule has 6 nitrogen and oxygen atoms in total. The van der Waals surface area contributed by atoms with Gasteiger partial charge in [0.25, 0.3) is 0 Å². The molecular formula is C33H36N2O4S. The molecule has 2 aromatic heterocycles. The number of fused-ring (bicyclic) bond motifs is 5. The van der Waals surface area contributed by atoms with E-state index in [2.05, 4.69) is 45.9 Å². The molecule has 2 aliphatic carbocycles. The van der Waals surface area contributed by atoms with Crippen LogP contribution in [0.5, 0.6) is 0 Å². The number of methoxy groups -OCH3 is 1. The van der Waals surface area contributed by atoms with Gasteiger partial charge in [0, 0.05) is 24.5 Å². The molecule has 0 bridgehead atoms. The lowest BCUT2D eigenvalue weighted by atomic mass is 9.79. The number of carbonyl (C=O) groups is 1. The molecule has 0 unspecified atom stereocenters. The van der Waals surface area contributed by atoms with Crippen LogP contribution in [0.4, 0.5) is 0 Å². The van der Waals surface area contributed by atoms with Crippen molar-refractivity contribution in [2.24, 2.45) is 0 Å². The van der Waals surface area contributed by atoms with Crippen molar-refractivity contribution in [1.82, 2.24) is 9.12 Å². The number of benzene rings is 2. The largest absolute Gasteiger partial charge is 0.465 e. The molecule has 0 saturated carbocycles. The summed E-state index contributed by atoms with van der Waals surface area (Å²) in [4.78, 5) is 11.1. The van der Waals surface area contributed by atoms with Gasteiger partial charge in [-0.3, -0.25) is 0 Å². The van der Waals surface area contributed by atoms with Crippen LogP contribution in [-0.2, 0) is 27.7 Å². The summed E-state index contributed by atoms with van der Waals surface area (Å²) in [6.45, 7) is 5.48. The van der Waals surface area contributed by atoms with Crippen LogP contribution in [0.25, 0.3) is 21.9 Å². The van der Waals surface area contributed by atoms with Gasteiger partial charge in [0.1, 0.15) is 0 Å². The van der Waals surface area contributed by atoms with Gasteiger partial charge in [-0.05, 0) is 104 Å². The summed E-state index contributed by atoms with van der Waals surface area (Å²) in [6, 6.07) is 18.3. The number of nitrogens with one attached hydrogen (secondary N) is 1. The molecule has 1 N–H and O–H groups in total. The molecular weight excluding hydrogens is 520 g/mol. The molecule has 0 spiro atoms. The topological polar surface area (TPSA) is 76.9 Å². The second kappa shape index (κ2) is 11.1. The number of ether oxygens (including phenoxy) is 1. The van der Waals surface area contributed by atoms with Crippen molar-refractivity contribution in [2.75, 3.05) is 7.11 Å².